The number of ketones is 1. The van der Waals surface area contributed by atoms with Crippen molar-refractivity contribution >= 4 is 17.7 Å². The molecule has 3 amide bonds. The minimum Gasteiger partial charge on any atom is -0.496 e. The van der Waals surface area contributed by atoms with E-state index in [1.807, 2.05) is 6.92 Å². The van der Waals surface area contributed by atoms with E-state index < -0.39 is 29.7 Å². The third kappa shape index (κ3) is 2.88. The van der Waals surface area contributed by atoms with Crippen molar-refractivity contribution in [2.45, 2.75) is 38.1 Å². The summed E-state index contributed by atoms with van der Waals surface area (Å²) in [5, 5.41) is 2.80. The van der Waals surface area contributed by atoms with E-state index in [1.54, 1.807) is 0 Å². The first-order valence-corrected chi connectivity index (χ1v) is 8.40. The van der Waals surface area contributed by atoms with Gasteiger partial charge in [0.25, 0.3) is 5.91 Å². The molecule has 25 heavy (non-hydrogen) atoms. The molecule has 6 nitrogen and oxygen atoms in total. The first-order valence-electron chi connectivity index (χ1n) is 8.40. The lowest BCUT2D eigenvalue weighted by molar-refractivity contribution is -0.133. The molecule has 134 valence electrons. The van der Waals surface area contributed by atoms with Gasteiger partial charge in [-0.3, -0.25) is 14.5 Å². The van der Waals surface area contributed by atoms with Crippen LogP contribution in [0.4, 0.5) is 9.18 Å². The van der Waals surface area contributed by atoms with Gasteiger partial charge in [-0.1, -0.05) is 19.8 Å². The third-order valence-corrected chi connectivity index (χ3v) is 5.27. The van der Waals surface area contributed by atoms with Gasteiger partial charge < -0.3 is 10.1 Å². The Hall–Kier alpha value is -2.44. The zero-order valence-electron chi connectivity index (χ0n) is 14.3. The number of amides is 3. The van der Waals surface area contributed by atoms with Crippen LogP contribution in [0.15, 0.2) is 18.2 Å². The van der Waals surface area contributed by atoms with Crippen molar-refractivity contribution in [1.82, 2.24) is 10.2 Å². The molecule has 1 saturated carbocycles. The molecule has 0 unspecified atom stereocenters. The minimum absolute atomic E-state index is 0.0146. The summed E-state index contributed by atoms with van der Waals surface area (Å²) in [6.07, 6.45) is 3.31. The number of hydrogen-bond acceptors (Lipinski definition) is 4. The molecule has 3 rings (SSSR count). The number of methoxy groups -OCH3 is 1. The van der Waals surface area contributed by atoms with E-state index in [-0.39, 0.29) is 23.1 Å². The number of nitrogens with zero attached hydrogens (tertiary/aromatic N) is 1. The van der Waals surface area contributed by atoms with Crippen molar-refractivity contribution in [3.63, 3.8) is 0 Å². The van der Waals surface area contributed by atoms with Crippen LogP contribution in [-0.4, -0.2) is 41.8 Å². The lowest BCUT2D eigenvalue weighted by Gasteiger charge is -2.36. The first-order chi connectivity index (χ1) is 11.9. The van der Waals surface area contributed by atoms with Crippen LogP contribution < -0.4 is 10.1 Å². The third-order valence-electron chi connectivity index (χ3n) is 5.27. The number of carbonyl (C=O) groups excluding carboxylic acids is 3. The van der Waals surface area contributed by atoms with E-state index in [0.29, 0.717) is 6.42 Å². The minimum atomic E-state index is -0.915. The molecule has 1 aliphatic carbocycles. The first kappa shape index (κ1) is 17.4. The van der Waals surface area contributed by atoms with Gasteiger partial charge in [0, 0.05) is 0 Å². The number of halogens is 1. The zero-order valence-corrected chi connectivity index (χ0v) is 14.3. The number of urea groups is 1. The monoisotopic (exact) mass is 348 g/mol. The molecule has 0 radical (unpaired) electrons. The predicted octanol–water partition coefficient (Wildman–Crippen LogP) is 2.52. The average molecular weight is 348 g/mol. The number of ether oxygens (including phenoxy) is 1. The number of nitrogens with one attached hydrogen (secondary N) is 1. The molecule has 2 aliphatic rings. The fourth-order valence-corrected chi connectivity index (χ4v) is 3.77. The van der Waals surface area contributed by atoms with Crippen LogP contribution in [0.25, 0.3) is 0 Å². The Labute approximate surface area is 145 Å². The Morgan fingerprint density at radius 2 is 2.16 bits per heavy atom. The second-order valence-electron chi connectivity index (χ2n) is 6.71. The molecular formula is C18H21FN2O4. The summed E-state index contributed by atoms with van der Waals surface area (Å²) < 4.78 is 18.6. The van der Waals surface area contributed by atoms with Gasteiger partial charge in [-0.15, -0.1) is 0 Å². The molecule has 2 atom stereocenters. The number of hydrogen-bond donors (Lipinski definition) is 1. The van der Waals surface area contributed by atoms with Gasteiger partial charge in [0.05, 0.1) is 19.2 Å². The zero-order chi connectivity index (χ0) is 18.2. The molecule has 2 fully saturated rings. The summed E-state index contributed by atoms with van der Waals surface area (Å²) >= 11 is 0. The van der Waals surface area contributed by atoms with E-state index in [9.17, 15) is 18.8 Å². The standard InChI is InChI=1S/C18H21FN2O4/c1-11-5-3-4-8-18(11)16(23)21(17(24)20-18)10-14(22)13-9-12(19)6-7-15(13)25-2/h6-7,9,11H,3-5,8,10H2,1-2H3,(H,20,24)/t11-,18-/m0/s1. The molecular weight excluding hydrogens is 327 g/mol. The Morgan fingerprint density at radius 3 is 2.84 bits per heavy atom. The molecule has 1 heterocycles. The lowest BCUT2D eigenvalue weighted by Crippen LogP contribution is -2.54. The molecule has 1 spiro atoms. The SMILES string of the molecule is COc1ccc(F)cc1C(=O)CN1C(=O)N[C@]2(CCCC[C@@H]2C)C1=O. The van der Waals surface area contributed by atoms with Gasteiger partial charge in [-0.2, -0.15) is 0 Å². The average Bonchev–Trinajstić information content (AvgIpc) is 2.82. The van der Waals surface area contributed by atoms with Crippen molar-refractivity contribution in [2.24, 2.45) is 5.92 Å². The highest BCUT2D eigenvalue weighted by Crippen LogP contribution is 2.38. The number of rotatable bonds is 4. The predicted molar refractivity (Wildman–Crippen MR) is 87.9 cm³/mol. The highest BCUT2D eigenvalue weighted by atomic mass is 19.1. The maximum Gasteiger partial charge on any atom is 0.325 e. The van der Waals surface area contributed by atoms with Gasteiger partial charge in [0.1, 0.15) is 17.1 Å². The van der Waals surface area contributed by atoms with Crippen LogP contribution in [0.5, 0.6) is 5.75 Å². The Morgan fingerprint density at radius 1 is 1.40 bits per heavy atom. The Kier molecular flexibility index (Phi) is 4.49. The fraction of sp³-hybridized carbons (Fsp3) is 0.500. The largest absolute Gasteiger partial charge is 0.496 e. The van der Waals surface area contributed by atoms with Gasteiger partial charge in [0.2, 0.25) is 0 Å². The maximum absolute atomic E-state index is 13.5. The summed E-state index contributed by atoms with van der Waals surface area (Å²) in [7, 11) is 1.37. The summed E-state index contributed by atoms with van der Waals surface area (Å²) in [5.74, 6) is -1.27. The molecule has 7 heteroatoms. The highest BCUT2D eigenvalue weighted by Gasteiger charge is 2.55. The smallest absolute Gasteiger partial charge is 0.325 e. The van der Waals surface area contributed by atoms with Crippen LogP contribution in [0, 0.1) is 11.7 Å². The second kappa shape index (κ2) is 6.46. The van der Waals surface area contributed by atoms with Gasteiger partial charge in [0.15, 0.2) is 5.78 Å². The van der Waals surface area contributed by atoms with Crippen molar-refractivity contribution in [2.75, 3.05) is 13.7 Å². The lowest BCUT2D eigenvalue weighted by atomic mass is 9.73. The van der Waals surface area contributed by atoms with Crippen LogP contribution in [0.3, 0.4) is 0 Å². The van der Waals surface area contributed by atoms with Crippen LogP contribution in [-0.2, 0) is 4.79 Å². The van der Waals surface area contributed by atoms with E-state index in [4.69, 9.17) is 4.74 Å². The van der Waals surface area contributed by atoms with Crippen molar-refractivity contribution in [3.8, 4) is 5.75 Å². The van der Waals surface area contributed by atoms with Crippen molar-refractivity contribution < 1.29 is 23.5 Å². The fourth-order valence-electron chi connectivity index (χ4n) is 3.77. The molecule has 1 N–H and O–H groups in total. The van der Waals surface area contributed by atoms with E-state index in [1.165, 1.54) is 19.2 Å². The van der Waals surface area contributed by atoms with Crippen LogP contribution in [0.1, 0.15) is 43.0 Å². The summed E-state index contributed by atoms with van der Waals surface area (Å²) in [6.45, 7) is 1.51. The topological polar surface area (TPSA) is 75.7 Å². The Bertz CT molecular complexity index is 736. The number of carbonyl (C=O) groups is 3. The van der Waals surface area contributed by atoms with Gasteiger partial charge in [-0.25, -0.2) is 9.18 Å². The summed E-state index contributed by atoms with van der Waals surface area (Å²) in [4.78, 5) is 38.7. The Balaban J connectivity index is 1.83. The van der Waals surface area contributed by atoms with E-state index in [0.717, 1.165) is 30.2 Å². The van der Waals surface area contributed by atoms with Gasteiger partial charge in [-0.05, 0) is 37.0 Å². The molecule has 0 aromatic heterocycles. The molecule has 1 saturated heterocycles. The van der Waals surface area contributed by atoms with E-state index in [2.05, 4.69) is 5.32 Å². The number of Topliss-reactive ketones (excluding diaryl/α,β-unsaturated/α-hetero) is 1. The van der Waals surface area contributed by atoms with Gasteiger partial charge >= 0.3 is 6.03 Å². The number of benzene rings is 1. The molecule has 0 bridgehead atoms. The molecule has 1 aromatic rings. The van der Waals surface area contributed by atoms with Crippen molar-refractivity contribution in [3.05, 3.63) is 29.6 Å². The second-order valence-corrected chi connectivity index (χ2v) is 6.71. The summed E-state index contributed by atoms with van der Waals surface area (Å²) in [5.41, 5.74) is -0.900. The highest BCUT2D eigenvalue weighted by molar-refractivity contribution is 6.11. The van der Waals surface area contributed by atoms with E-state index >= 15 is 0 Å². The van der Waals surface area contributed by atoms with Crippen LogP contribution >= 0.6 is 0 Å². The molecule has 1 aliphatic heterocycles. The maximum atomic E-state index is 13.5. The summed E-state index contributed by atoms with van der Waals surface area (Å²) in [6, 6.07) is 3.02. The van der Waals surface area contributed by atoms with Crippen LogP contribution in [0.2, 0.25) is 0 Å². The molecule has 1 aromatic carbocycles. The van der Waals surface area contributed by atoms with Crippen molar-refractivity contribution in [1.29, 1.82) is 0 Å². The number of imide groups is 1. The normalized spacial score (nSPS) is 26.0. The quantitative estimate of drug-likeness (QED) is 0.670.